The lowest BCUT2D eigenvalue weighted by molar-refractivity contribution is 0.348. The molecule has 0 bridgehead atoms. The van der Waals surface area contributed by atoms with E-state index >= 15 is 0 Å². The van der Waals surface area contributed by atoms with E-state index in [-0.39, 0.29) is 0 Å². The van der Waals surface area contributed by atoms with Crippen molar-refractivity contribution in [1.29, 1.82) is 10.5 Å². The maximum atomic E-state index is 9.37. The molecule has 0 amide bonds. The Morgan fingerprint density at radius 3 is 1.73 bits per heavy atom. The van der Waals surface area contributed by atoms with E-state index in [1.165, 1.54) is 0 Å². The number of ether oxygens (including phenoxy) is 1. The topological polar surface area (TPSA) is 56.8 Å². The first-order valence-electron chi connectivity index (χ1n) is 7.17. The van der Waals surface area contributed by atoms with E-state index in [2.05, 4.69) is 12.1 Å². The standard InChI is InChI=1S/C19H14N2O/c1-2-22-19-16-9-5-3-7-14(16)18(13(11-20)12-21)15-8-4-6-10-17(15)19/h3-10,13H,2H2,1H3. The average molecular weight is 286 g/mol. The van der Waals surface area contributed by atoms with E-state index in [0.717, 1.165) is 32.9 Å². The van der Waals surface area contributed by atoms with Gasteiger partial charge in [0.25, 0.3) is 0 Å². The molecule has 0 radical (unpaired) electrons. The number of nitriles is 2. The van der Waals surface area contributed by atoms with E-state index in [4.69, 9.17) is 4.74 Å². The Morgan fingerprint density at radius 1 is 0.864 bits per heavy atom. The molecule has 0 aromatic heterocycles. The molecule has 0 atom stereocenters. The molecular weight excluding hydrogens is 272 g/mol. The molecule has 0 aliphatic heterocycles. The van der Waals surface area contributed by atoms with Crippen molar-refractivity contribution in [3.63, 3.8) is 0 Å². The largest absolute Gasteiger partial charge is 0.493 e. The summed E-state index contributed by atoms with van der Waals surface area (Å²) in [7, 11) is 0. The van der Waals surface area contributed by atoms with Gasteiger partial charge in [-0.3, -0.25) is 0 Å². The van der Waals surface area contributed by atoms with Gasteiger partial charge in [0.1, 0.15) is 5.75 Å². The minimum atomic E-state index is -0.800. The molecule has 106 valence electrons. The Kier molecular flexibility index (Phi) is 3.64. The van der Waals surface area contributed by atoms with Crippen LogP contribution in [0.1, 0.15) is 18.4 Å². The third-order valence-electron chi connectivity index (χ3n) is 3.76. The van der Waals surface area contributed by atoms with Gasteiger partial charge in [-0.2, -0.15) is 10.5 Å². The summed E-state index contributed by atoms with van der Waals surface area (Å²) < 4.78 is 5.87. The van der Waals surface area contributed by atoms with Gasteiger partial charge >= 0.3 is 0 Å². The Balaban J connectivity index is 2.55. The molecule has 0 spiro atoms. The van der Waals surface area contributed by atoms with Crippen LogP contribution >= 0.6 is 0 Å². The second kappa shape index (κ2) is 5.76. The fourth-order valence-corrected chi connectivity index (χ4v) is 2.89. The molecule has 3 aromatic carbocycles. The SMILES string of the molecule is CCOc1c2ccccc2c(C(C#N)C#N)c2ccccc12. The van der Waals surface area contributed by atoms with Gasteiger partial charge in [0.2, 0.25) is 0 Å². The molecule has 0 unspecified atom stereocenters. The first kappa shape index (κ1) is 13.9. The Labute approximate surface area is 129 Å². The van der Waals surface area contributed by atoms with Gasteiger partial charge in [0.15, 0.2) is 5.92 Å². The van der Waals surface area contributed by atoms with Crippen LogP contribution in [0.2, 0.25) is 0 Å². The minimum absolute atomic E-state index is 0.563. The first-order valence-corrected chi connectivity index (χ1v) is 7.17. The third kappa shape index (κ3) is 2.05. The number of fused-ring (bicyclic) bond motifs is 2. The van der Waals surface area contributed by atoms with Crippen molar-refractivity contribution in [3.05, 3.63) is 54.1 Å². The molecule has 3 rings (SSSR count). The van der Waals surface area contributed by atoms with Crippen LogP contribution < -0.4 is 4.74 Å². The second-order valence-electron chi connectivity index (χ2n) is 4.96. The summed E-state index contributed by atoms with van der Waals surface area (Å²) in [5.74, 6) is 0.0116. The number of hydrogen-bond acceptors (Lipinski definition) is 3. The predicted molar refractivity (Wildman–Crippen MR) is 86.6 cm³/mol. The molecule has 3 heteroatoms. The Morgan fingerprint density at radius 2 is 1.32 bits per heavy atom. The zero-order valence-electron chi connectivity index (χ0n) is 12.2. The van der Waals surface area contributed by atoms with E-state index < -0.39 is 5.92 Å². The molecule has 0 aliphatic rings. The van der Waals surface area contributed by atoms with Crippen molar-refractivity contribution in [2.24, 2.45) is 0 Å². The molecule has 3 nitrogen and oxygen atoms in total. The fourth-order valence-electron chi connectivity index (χ4n) is 2.89. The molecule has 0 aliphatic carbocycles. The summed E-state index contributed by atoms with van der Waals surface area (Å²) in [6.45, 7) is 2.51. The van der Waals surface area contributed by atoms with Gasteiger partial charge in [-0.1, -0.05) is 48.5 Å². The smallest absolute Gasteiger partial charge is 0.159 e. The molecule has 3 aromatic rings. The van der Waals surface area contributed by atoms with Crippen LogP contribution in [0.3, 0.4) is 0 Å². The van der Waals surface area contributed by atoms with Crippen molar-refractivity contribution in [1.82, 2.24) is 0 Å². The van der Waals surface area contributed by atoms with Gasteiger partial charge < -0.3 is 4.74 Å². The van der Waals surface area contributed by atoms with E-state index in [1.54, 1.807) is 0 Å². The fraction of sp³-hybridized carbons (Fsp3) is 0.158. The summed E-state index contributed by atoms with van der Waals surface area (Å²) in [6, 6.07) is 19.8. The zero-order chi connectivity index (χ0) is 15.5. The third-order valence-corrected chi connectivity index (χ3v) is 3.76. The van der Waals surface area contributed by atoms with E-state index in [1.807, 2.05) is 55.5 Å². The molecule has 22 heavy (non-hydrogen) atoms. The maximum Gasteiger partial charge on any atom is 0.159 e. The summed E-state index contributed by atoms with van der Waals surface area (Å²) >= 11 is 0. The molecule has 0 N–H and O–H groups in total. The van der Waals surface area contributed by atoms with Crippen molar-refractivity contribution < 1.29 is 4.74 Å². The lowest BCUT2D eigenvalue weighted by Crippen LogP contribution is -2.00. The maximum absolute atomic E-state index is 9.37. The summed E-state index contributed by atoms with van der Waals surface area (Å²) in [5, 5.41) is 22.4. The molecule has 0 saturated carbocycles. The monoisotopic (exact) mass is 286 g/mol. The average Bonchev–Trinajstić information content (AvgIpc) is 2.58. The molecular formula is C19H14N2O. The highest BCUT2D eigenvalue weighted by Gasteiger charge is 2.20. The van der Waals surface area contributed by atoms with Crippen LogP contribution in [-0.4, -0.2) is 6.61 Å². The van der Waals surface area contributed by atoms with Crippen LogP contribution in [-0.2, 0) is 0 Å². The number of benzene rings is 3. The molecule has 0 fully saturated rings. The van der Waals surface area contributed by atoms with Crippen LogP contribution in [0.4, 0.5) is 0 Å². The van der Waals surface area contributed by atoms with Gasteiger partial charge in [0.05, 0.1) is 18.7 Å². The second-order valence-corrected chi connectivity index (χ2v) is 4.96. The highest BCUT2D eigenvalue weighted by Crippen LogP contribution is 2.40. The van der Waals surface area contributed by atoms with E-state index in [0.29, 0.717) is 6.61 Å². The minimum Gasteiger partial charge on any atom is -0.493 e. The lowest BCUT2D eigenvalue weighted by Gasteiger charge is -2.16. The van der Waals surface area contributed by atoms with Gasteiger partial charge in [-0.25, -0.2) is 0 Å². The van der Waals surface area contributed by atoms with Crippen LogP contribution in [0.5, 0.6) is 5.75 Å². The van der Waals surface area contributed by atoms with Gasteiger partial charge in [-0.15, -0.1) is 0 Å². The Hall–Kier alpha value is -3.04. The van der Waals surface area contributed by atoms with Gasteiger partial charge in [0, 0.05) is 10.8 Å². The number of rotatable bonds is 3. The summed E-state index contributed by atoms with van der Waals surface area (Å²) in [6.07, 6.45) is 0. The normalized spacial score (nSPS) is 10.5. The number of hydrogen-bond donors (Lipinski definition) is 0. The summed E-state index contributed by atoms with van der Waals surface area (Å²) in [5.41, 5.74) is 0.764. The first-order chi connectivity index (χ1) is 10.8. The van der Waals surface area contributed by atoms with Crippen LogP contribution in [0, 0.1) is 22.7 Å². The predicted octanol–water partition coefficient (Wildman–Crippen LogP) is 4.52. The van der Waals surface area contributed by atoms with Crippen molar-refractivity contribution in [2.75, 3.05) is 6.61 Å². The van der Waals surface area contributed by atoms with Crippen molar-refractivity contribution in [3.8, 4) is 17.9 Å². The van der Waals surface area contributed by atoms with Crippen molar-refractivity contribution >= 4 is 21.5 Å². The van der Waals surface area contributed by atoms with Crippen LogP contribution in [0.25, 0.3) is 21.5 Å². The molecule has 0 heterocycles. The molecule has 0 saturated heterocycles. The van der Waals surface area contributed by atoms with Crippen LogP contribution in [0.15, 0.2) is 48.5 Å². The summed E-state index contributed by atoms with van der Waals surface area (Å²) in [4.78, 5) is 0. The van der Waals surface area contributed by atoms with E-state index in [9.17, 15) is 10.5 Å². The zero-order valence-corrected chi connectivity index (χ0v) is 12.2. The lowest BCUT2D eigenvalue weighted by atomic mass is 9.89. The van der Waals surface area contributed by atoms with Gasteiger partial charge in [-0.05, 0) is 23.3 Å². The highest BCUT2D eigenvalue weighted by molar-refractivity contribution is 6.09. The Bertz CT molecular complexity index is 861. The highest BCUT2D eigenvalue weighted by atomic mass is 16.5. The number of nitrogens with zero attached hydrogens (tertiary/aromatic N) is 2. The quantitative estimate of drug-likeness (QED) is 0.665. The van der Waals surface area contributed by atoms with Crippen molar-refractivity contribution in [2.45, 2.75) is 12.8 Å².